The minimum absolute atomic E-state index is 0.611. The van der Waals surface area contributed by atoms with E-state index in [1.54, 1.807) is 0 Å². The fourth-order valence-corrected chi connectivity index (χ4v) is 1.58. The lowest BCUT2D eigenvalue weighted by molar-refractivity contribution is 0.149. The van der Waals surface area contributed by atoms with Crippen molar-refractivity contribution in [2.75, 3.05) is 19.8 Å². The van der Waals surface area contributed by atoms with Crippen molar-refractivity contribution in [3.8, 4) is 5.88 Å². The van der Waals surface area contributed by atoms with E-state index in [1.807, 2.05) is 26.0 Å². The van der Waals surface area contributed by atoms with Gasteiger partial charge in [-0.1, -0.05) is 0 Å². The molecule has 0 unspecified atom stereocenters. The number of nitrogens with zero attached hydrogens (tertiary/aromatic N) is 2. The van der Waals surface area contributed by atoms with Crippen LogP contribution in [0.4, 0.5) is 0 Å². The van der Waals surface area contributed by atoms with E-state index in [9.17, 15) is 0 Å². The van der Waals surface area contributed by atoms with Crippen LogP contribution in [0.25, 0.3) is 11.2 Å². The van der Waals surface area contributed by atoms with Gasteiger partial charge in [0.15, 0.2) is 5.65 Å². The minimum atomic E-state index is 0.611. The van der Waals surface area contributed by atoms with Gasteiger partial charge < -0.3 is 14.5 Å². The van der Waals surface area contributed by atoms with Crippen molar-refractivity contribution < 1.29 is 9.47 Å². The predicted octanol–water partition coefficient (Wildman–Crippen LogP) is 1.94. The Morgan fingerprint density at radius 1 is 1.18 bits per heavy atom. The van der Waals surface area contributed by atoms with E-state index in [0.29, 0.717) is 24.7 Å². The zero-order valence-corrected chi connectivity index (χ0v) is 10.2. The third kappa shape index (κ3) is 2.94. The van der Waals surface area contributed by atoms with Gasteiger partial charge in [-0.05, 0) is 19.9 Å². The van der Waals surface area contributed by atoms with Gasteiger partial charge in [-0.2, -0.15) is 4.98 Å². The first-order chi connectivity index (χ1) is 8.33. The molecule has 0 saturated heterocycles. The van der Waals surface area contributed by atoms with Crippen molar-refractivity contribution in [1.29, 1.82) is 0 Å². The number of hydrogen-bond acceptors (Lipinski definition) is 4. The Morgan fingerprint density at radius 3 is 2.82 bits per heavy atom. The van der Waals surface area contributed by atoms with Crippen LogP contribution in [-0.2, 0) is 11.2 Å². The van der Waals surface area contributed by atoms with Crippen LogP contribution in [0, 0.1) is 0 Å². The zero-order chi connectivity index (χ0) is 12.1. The summed E-state index contributed by atoms with van der Waals surface area (Å²) in [6.45, 7) is 5.93. The van der Waals surface area contributed by atoms with E-state index in [0.717, 1.165) is 24.4 Å². The predicted molar refractivity (Wildman–Crippen MR) is 65.3 cm³/mol. The summed E-state index contributed by atoms with van der Waals surface area (Å²) in [5, 5.41) is 0. The summed E-state index contributed by atoms with van der Waals surface area (Å²) in [4.78, 5) is 11.9. The smallest absolute Gasteiger partial charge is 0.215 e. The molecule has 0 spiro atoms. The second kappa shape index (κ2) is 5.63. The summed E-state index contributed by atoms with van der Waals surface area (Å²) < 4.78 is 10.6. The van der Waals surface area contributed by atoms with Gasteiger partial charge in [-0.25, -0.2) is 4.98 Å². The number of hydrogen-bond donors (Lipinski definition) is 1. The van der Waals surface area contributed by atoms with E-state index in [2.05, 4.69) is 15.0 Å². The lowest BCUT2D eigenvalue weighted by Gasteiger charge is -1.99. The zero-order valence-electron chi connectivity index (χ0n) is 10.2. The van der Waals surface area contributed by atoms with E-state index in [4.69, 9.17) is 9.47 Å². The van der Waals surface area contributed by atoms with Crippen molar-refractivity contribution in [2.24, 2.45) is 0 Å². The lowest BCUT2D eigenvalue weighted by Crippen LogP contribution is -1.99. The number of ether oxygens (including phenoxy) is 2. The molecule has 0 aliphatic rings. The van der Waals surface area contributed by atoms with Crippen LogP contribution in [0.5, 0.6) is 5.88 Å². The van der Waals surface area contributed by atoms with Crippen molar-refractivity contribution in [1.82, 2.24) is 15.0 Å². The third-order valence-corrected chi connectivity index (χ3v) is 2.35. The Bertz CT molecular complexity index is 482. The Morgan fingerprint density at radius 2 is 2.06 bits per heavy atom. The molecule has 5 nitrogen and oxygen atoms in total. The first-order valence-corrected chi connectivity index (χ1v) is 5.89. The van der Waals surface area contributed by atoms with Gasteiger partial charge in [0.25, 0.3) is 0 Å². The molecule has 0 atom stereocenters. The van der Waals surface area contributed by atoms with Gasteiger partial charge in [0.1, 0.15) is 5.82 Å². The lowest BCUT2D eigenvalue weighted by atomic mass is 10.4. The summed E-state index contributed by atoms with van der Waals surface area (Å²) >= 11 is 0. The average Bonchev–Trinajstić information content (AvgIpc) is 2.72. The maximum absolute atomic E-state index is 5.33. The molecule has 0 saturated carbocycles. The molecule has 1 N–H and O–H groups in total. The molecule has 0 bridgehead atoms. The molecule has 5 heteroatoms. The highest BCUT2D eigenvalue weighted by atomic mass is 16.5. The number of imidazole rings is 1. The van der Waals surface area contributed by atoms with Gasteiger partial charge in [0, 0.05) is 19.1 Å². The van der Waals surface area contributed by atoms with Crippen LogP contribution < -0.4 is 4.74 Å². The van der Waals surface area contributed by atoms with Crippen molar-refractivity contribution in [2.45, 2.75) is 20.3 Å². The molecule has 2 rings (SSSR count). The van der Waals surface area contributed by atoms with Crippen molar-refractivity contribution in [3.63, 3.8) is 0 Å². The molecule has 0 aliphatic carbocycles. The summed E-state index contributed by atoms with van der Waals surface area (Å²) in [5.41, 5.74) is 1.63. The number of fused-ring (bicyclic) bond motifs is 1. The molecule has 2 aromatic rings. The highest BCUT2D eigenvalue weighted by Crippen LogP contribution is 2.14. The molecule has 92 valence electrons. The molecular weight excluding hydrogens is 218 g/mol. The average molecular weight is 235 g/mol. The number of nitrogens with one attached hydrogen (secondary N) is 1. The molecular formula is C12H17N3O2. The number of rotatable bonds is 6. The van der Waals surface area contributed by atoms with E-state index >= 15 is 0 Å². The fourth-order valence-electron chi connectivity index (χ4n) is 1.58. The Labute approximate surface area is 100 Å². The molecule has 0 aromatic carbocycles. The second-order valence-corrected chi connectivity index (χ2v) is 3.58. The van der Waals surface area contributed by atoms with Gasteiger partial charge >= 0.3 is 0 Å². The fraction of sp³-hybridized carbons (Fsp3) is 0.500. The Kier molecular flexibility index (Phi) is 3.93. The third-order valence-electron chi connectivity index (χ3n) is 2.35. The van der Waals surface area contributed by atoms with Crippen LogP contribution in [0.15, 0.2) is 12.1 Å². The molecule has 17 heavy (non-hydrogen) atoms. The van der Waals surface area contributed by atoms with Crippen LogP contribution in [0.2, 0.25) is 0 Å². The minimum Gasteiger partial charge on any atom is -0.478 e. The number of aromatic nitrogens is 3. The first-order valence-electron chi connectivity index (χ1n) is 5.89. The van der Waals surface area contributed by atoms with Crippen molar-refractivity contribution in [3.05, 3.63) is 18.0 Å². The normalized spacial score (nSPS) is 10.9. The maximum atomic E-state index is 5.33. The van der Waals surface area contributed by atoms with Crippen molar-refractivity contribution >= 4 is 11.2 Å². The van der Waals surface area contributed by atoms with Gasteiger partial charge in [0.2, 0.25) is 5.88 Å². The van der Waals surface area contributed by atoms with Crippen LogP contribution in [0.1, 0.15) is 19.7 Å². The van der Waals surface area contributed by atoms with E-state index in [-0.39, 0.29) is 0 Å². The highest BCUT2D eigenvalue weighted by Gasteiger charge is 2.05. The second-order valence-electron chi connectivity index (χ2n) is 3.58. The van der Waals surface area contributed by atoms with Crippen LogP contribution in [-0.4, -0.2) is 34.8 Å². The quantitative estimate of drug-likeness (QED) is 0.777. The summed E-state index contributed by atoms with van der Waals surface area (Å²) in [7, 11) is 0. The Balaban J connectivity index is 2.12. The molecule has 2 aromatic heterocycles. The molecule has 0 amide bonds. The monoisotopic (exact) mass is 235 g/mol. The summed E-state index contributed by atoms with van der Waals surface area (Å²) in [6, 6.07) is 3.78. The van der Waals surface area contributed by atoms with Gasteiger partial charge in [0.05, 0.1) is 18.7 Å². The molecule has 0 radical (unpaired) electrons. The van der Waals surface area contributed by atoms with E-state index < -0.39 is 0 Å². The standard InChI is InChI=1S/C12H17N3O2/c1-3-16-8-7-10-13-9-5-6-11(17-4-2)15-12(9)14-10/h5-6H,3-4,7-8H2,1-2H3,(H,13,14,15). The molecule has 0 aliphatic heterocycles. The van der Waals surface area contributed by atoms with Gasteiger partial charge in [-0.15, -0.1) is 0 Å². The van der Waals surface area contributed by atoms with Gasteiger partial charge in [-0.3, -0.25) is 0 Å². The van der Waals surface area contributed by atoms with Crippen LogP contribution in [0.3, 0.4) is 0 Å². The first kappa shape index (κ1) is 11.9. The summed E-state index contributed by atoms with van der Waals surface area (Å²) in [6.07, 6.45) is 0.772. The molecule has 2 heterocycles. The topological polar surface area (TPSA) is 60.0 Å². The van der Waals surface area contributed by atoms with Crippen LogP contribution >= 0.6 is 0 Å². The SMILES string of the molecule is CCOCCc1nc2nc(OCC)ccc2[nH]1. The highest BCUT2D eigenvalue weighted by molar-refractivity contribution is 5.71. The summed E-state index contributed by atoms with van der Waals surface area (Å²) in [5.74, 6) is 1.51. The largest absolute Gasteiger partial charge is 0.478 e. The van der Waals surface area contributed by atoms with E-state index in [1.165, 1.54) is 0 Å². The maximum Gasteiger partial charge on any atom is 0.215 e. The Hall–Kier alpha value is -1.62. The number of aromatic amines is 1. The number of H-pyrrole nitrogens is 1. The number of pyridine rings is 1. The molecule has 0 fully saturated rings.